The van der Waals surface area contributed by atoms with Gasteiger partial charge in [0.2, 0.25) is 5.91 Å². The third-order valence-corrected chi connectivity index (χ3v) is 5.05. The topological polar surface area (TPSA) is 78.5 Å². The predicted molar refractivity (Wildman–Crippen MR) is 96.8 cm³/mol. The molecule has 3 rings (SSSR count). The second-order valence-electron chi connectivity index (χ2n) is 5.78. The molecule has 25 heavy (non-hydrogen) atoms. The van der Waals surface area contributed by atoms with E-state index in [1.807, 2.05) is 11.4 Å². The van der Waals surface area contributed by atoms with Crippen LogP contribution in [0.4, 0.5) is 5.69 Å². The Morgan fingerprint density at radius 2 is 1.92 bits per heavy atom. The van der Waals surface area contributed by atoms with Gasteiger partial charge in [-0.15, -0.1) is 11.3 Å². The Bertz CT molecular complexity index is 771. The highest BCUT2D eigenvalue weighted by Gasteiger charge is 2.34. The minimum absolute atomic E-state index is 0.0948. The van der Waals surface area contributed by atoms with Crippen LogP contribution in [-0.2, 0) is 4.79 Å². The lowest BCUT2D eigenvalue weighted by atomic mass is 10.1. The Kier molecular flexibility index (Phi) is 5.14. The van der Waals surface area contributed by atoms with Crippen LogP contribution in [-0.4, -0.2) is 42.3 Å². The zero-order valence-electron chi connectivity index (χ0n) is 13.8. The average molecular weight is 357 g/mol. The molecule has 130 valence electrons. The Balaban J connectivity index is 1.67. The van der Waals surface area contributed by atoms with Gasteiger partial charge in [0.25, 0.3) is 11.8 Å². The smallest absolute Gasteiger partial charge is 0.264 e. The summed E-state index contributed by atoms with van der Waals surface area (Å²) in [4.78, 5) is 39.0. The first-order valence-electron chi connectivity index (χ1n) is 8.07. The van der Waals surface area contributed by atoms with Crippen molar-refractivity contribution in [2.24, 2.45) is 0 Å². The average Bonchev–Trinajstić information content (AvgIpc) is 3.32. The maximum atomic E-state index is 12.6. The highest BCUT2D eigenvalue weighted by molar-refractivity contribution is 7.12. The molecule has 2 heterocycles. The van der Waals surface area contributed by atoms with Crippen molar-refractivity contribution in [1.82, 2.24) is 10.2 Å². The van der Waals surface area contributed by atoms with Gasteiger partial charge in [0.1, 0.15) is 6.04 Å². The van der Waals surface area contributed by atoms with Gasteiger partial charge in [-0.05, 0) is 48.6 Å². The first-order chi connectivity index (χ1) is 12.1. The third kappa shape index (κ3) is 3.71. The van der Waals surface area contributed by atoms with E-state index in [1.54, 1.807) is 42.3 Å². The van der Waals surface area contributed by atoms with Gasteiger partial charge in [0.05, 0.1) is 4.88 Å². The lowest BCUT2D eigenvalue weighted by molar-refractivity contribution is -0.119. The molecule has 0 spiro atoms. The van der Waals surface area contributed by atoms with Crippen LogP contribution in [0.2, 0.25) is 0 Å². The molecule has 1 saturated heterocycles. The van der Waals surface area contributed by atoms with Gasteiger partial charge in [0.15, 0.2) is 0 Å². The molecular weight excluding hydrogens is 338 g/mol. The second-order valence-corrected chi connectivity index (χ2v) is 6.73. The largest absolute Gasteiger partial charge is 0.355 e. The van der Waals surface area contributed by atoms with Gasteiger partial charge < -0.3 is 15.5 Å². The Morgan fingerprint density at radius 3 is 2.56 bits per heavy atom. The van der Waals surface area contributed by atoms with Crippen molar-refractivity contribution in [2.45, 2.75) is 18.9 Å². The number of anilines is 1. The van der Waals surface area contributed by atoms with Crippen molar-refractivity contribution in [1.29, 1.82) is 0 Å². The normalized spacial score (nSPS) is 16.5. The van der Waals surface area contributed by atoms with Crippen LogP contribution in [0.5, 0.6) is 0 Å². The molecule has 0 bridgehead atoms. The Hall–Kier alpha value is -2.67. The molecule has 1 aliphatic rings. The number of carbonyl (C=O) groups is 3. The van der Waals surface area contributed by atoms with Crippen molar-refractivity contribution in [2.75, 3.05) is 18.9 Å². The zero-order chi connectivity index (χ0) is 17.8. The molecule has 1 unspecified atom stereocenters. The number of nitrogens with one attached hydrogen (secondary N) is 2. The molecule has 2 N–H and O–H groups in total. The summed E-state index contributed by atoms with van der Waals surface area (Å²) in [6.07, 6.45) is 1.46. The van der Waals surface area contributed by atoms with Crippen molar-refractivity contribution >= 4 is 34.7 Å². The maximum Gasteiger partial charge on any atom is 0.264 e. The molecule has 2 aromatic rings. The minimum atomic E-state index is -0.465. The minimum Gasteiger partial charge on any atom is -0.355 e. The lowest BCUT2D eigenvalue weighted by Gasteiger charge is -2.23. The van der Waals surface area contributed by atoms with Gasteiger partial charge >= 0.3 is 0 Å². The fourth-order valence-electron chi connectivity index (χ4n) is 2.90. The van der Waals surface area contributed by atoms with Crippen molar-refractivity contribution in [3.05, 3.63) is 52.2 Å². The van der Waals surface area contributed by atoms with Crippen LogP contribution in [0.3, 0.4) is 0 Å². The van der Waals surface area contributed by atoms with E-state index in [1.165, 1.54) is 11.3 Å². The molecule has 1 aliphatic heterocycles. The van der Waals surface area contributed by atoms with Crippen LogP contribution in [0.15, 0.2) is 41.8 Å². The van der Waals surface area contributed by atoms with Crippen LogP contribution < -0.4 is 10.6 Å². The molecule has 1 atom stereocenters. The fourth-order valence-corrected chi connectivity index (χ4v) is 3.58. The molecule has 3 amide bonds. The first-order valence-corrected chi connectivity index (χ1v) is 8.95. The molecule has 1 aromatic heterocycles. The van der Waals surface area contributed by atoms with Crippen LogP contribution in [0, 0.1) is 0 Å². The molecule has 0 radical (unpaired) electrons. The van der Waals surface area contributed by atoms with Crippen molar-refractivity contribution < 1.29 is 14.4 Å². The molecule has 0 aliphatic carbocycles. The highest BCUT2D eigenvalue weighted by atomic mass is 32.1. The first kappa shape index (κ1) is 17.2. The molecule has 1 fully saturated rings. The zero-order valence-corrected chi connectivity index (χ0v) is 14.6. The summed E-state index contributed by atoms with van der Waals surface area (Å²) in [7, 11) is 1.57. The van der Waals surface area contributed by atoms with E-state index in [9.17, 15) is 14.4 Å². The van der Waals surface area contributed by atoms with Gasteiger partial charge in [-0.1, -0.05) is 6.07 Å². The van der Waals surface area contributed by atoms with Crippen molar-refractivity contribution in [3.63, 3.8) is 0 Å². The monoisotopic (exact) mass is 357 g/mol. The van der Waals surface area contributed by atoms with E-state index >= 15 is 0 Å². The molecule has 6 nitrogen and oxygen atoms in total. The van der Waals surface area contributed by atoms with Gasteiger partial charge in [0, 0.05) is 24.8 Å². The van der Waals surface area contributed by atoms with Crippen LogP contribution in [0.25, 0.3) is 0 Å². The summed E-state index contributed by atoms with van der Waals surface area (Å²) in [5, 5.41) is 7.24. The predicted octanol–water partition coefficient (Wildman–Crippen LogP) is 2.35. The van der Waals surface area contributed by atoms with Gasteiger partial charge in [-0.25, -0.2) is 0 Å². The fraction of sp³-hybridized carbons (Fsp3) is 0.278. The molecule has 7 heteroatoms. The van der Waals surface area contributed by atoms with E-state index in [-0.39, 0.29) is 17.7 Å². The Labute approximate surface area is 149 Å². The van der Waals surface area contributed by atoms with E-state index in [0.29, 0.717) is 29.1 Å². The molecular formula is C18H19N3O3S. The van der Waals surface area contributed by atoms with Gasteiger partial charge in [-0.2, -0.15) is 0 Å². The summed E-state index contributed by atoms with van der Waals surface area (Å²) >= 11 is 1.38. The quantitative estimate of drug-likeness (QED) is 0.882. The summed E-state index contributed by atoms with van der Waals surface area (Å²) in [5.41, 5.74) is 1.13. The van der Waals surface area contributed by atoms with Crippen molar-refractivity contribution in [3.8, 4) is 0 Å². The summed E-state index contributed by atoms with van der Waals surface area (Å²) in [5.74, 6) is -0.473. The highest BCUT2D eigenvalue weighted by Crippen LogP contribution is 2.23. The number of hydrogen-bond acceptors (Lipinski definition) is 4. The number of benzene rings is 1. The third-order valence-electron chi connectivity index (χ3n) is 4.19. The molecule has 1 aromatic carbocycles. The number of nitrogens with zero attached hydrogens (tertiary/aromatic N) is 1. The maximum absolute atomic E-state index is 12.6. The number of likely N-dealkylation sites (tertiary alicyclic amines) is 1. The molecule has 0 saturated carbocycles. The summed E-state index contributed by atoms with van der Waals surface area (Å²) < 4.78 is 0. The van der Waals surface area contributed by atoms with Gasteiger partial charge in [-0.3, -0.25) is 14.4 Å². The number of amides is 3. The number of thiophene rings is 1. The summed E-state index contributed by atoms with van der Waals surface area (Å²) in [6, 6.07) is 9.81. The number of hydrogen-bond donors (Lipinski definition) is 2. The van der Waals surface area contributed by atoms with E-state index in [0.717, 1.165) is 6.42 Å². The number of carbonyl (C=O) groups excluding carboxylic acids is 3. The Morgan fingerprint density at radius 1 is 1.16 bits per heavy atom. The van der Waals surface area contributed by atoms with Crippen LogP contribution in [0.1, 0.15) is 32.9 Å². The second kappa shape index (κ2) is 7.48. The number of rotatable bonds is 4. The van der Waals surface area contributed by atoms with Crippen LogP contribution >= 0.6 is 11.3 Å². The van der Waals surface area contributed by atoms with E-state index in [2.05, 4.69) is 10.6 Å². The standard InChI is InChI=1S/C18H19N3O3S/c1-19-16(22)12-6-8-13(9-7-12)20-17(23)14-4-2-10-21(14)18(24)15-5-3-11-25-15/h3,5-9,11,14H,2,4,10H2,1H3,(H,19,22)(H,20,23). The SMILES string of the molecule is CNC(=O)c1ccc(NC(=O)C2CCCN2C(=O)c2cccs2)cc1. The summed E-state index contributed by atoms with van der Waals surface area (Å²) in [6.45, 7) is 0.588. The lowest BCUT2D eigenvalue weighted by Crippen LogP contribution is -2.42. The van der Waals surface area contributed by atoms with E-state index < -0.39 is 6.04 Å². The van der Waals surface area contributed by atoms with E-state index in [4.69, 9.17) is 0 Å².